The van der Waals surface area contributed by atoms with Gasteiger partial charge in [0.25, 0.3) is 0 Å². The second kappa shape index (κ2) is 14.8. The number of allylic oxidation sites excluding steroid dienone is 3. The molecule has 3 heterocycles. The standard InChI is InChI=1S/C47H48BF6N2/c1-12-37-32(10)44-43(34-23-35(46(49,50)51)25-36(24-34)47(52,53)54)45-33(11)38(13-2)42(18-16-40-30(8)21-27(5)22-31(40)9)56(45)48(14-3)55(44)41(37)17-15-39-28(6)19-26(4)20-29(39)7/h14-25H,3,12-13H2,1-2,4-11H3/q+1/b17-15+,18-16+. The predicted molar refractivity (Wildman–Crippen MR) is 220 cm³/mol. The average Bonchev–Trinajstić information content (AvgIpc) is 3.54. The first kappa shape index (κ1) is 40.6. The van der Waals surface area contributed by atoms with Crippen LogP contribution in [0.15, 0.2) is 77.9 Å². The van der Waals surface area contributed by atoms with Gasteiger partial charge in [-0.15, -0.1) is 6.58 Å². The minimum atomic E-state index is -5.01. The molecule has 56 heavy (non-hydrogen) atoms. The molecule has 2 aliphatic rings. The van der Waals surface area contributed by atoms with E-state index in [1.54, 1.807) is 0 Å². The van der Waals surface area contributed by atoms with Crippen molar-refractivity contribution < 1.29 is 30.8 Å². The van der Waals surface area contributed by atoms with E-state index in [0.29, 0.717) is 29.8 Å². The molecule has 3 aromatic carbocycles. The summed E-state index contributed by atoms with van der Waals surface area (Å²) in [5.74, 6) is 1.81. The molecular weight excluding hydrogens is 717 g/mol. The van der Waals surface area contributed by atoms with Gasteiger partial charge < -0.3 is 4.48 Å². The van der Waals surface area contributed by atoms with Crippen molar-refractivity contribution in [1.29, 1.82) is 0 Å². The fourth-order valence-corrected chi connectivity index (χ4v) is 9.03. The molecule has 2 nitrogen and oxygen atoms in total. The van der Waals surface area contributed by atoms with Crippen LogP contribution >= 0.6 is 0 Å². The molecule has 0 saturated carbocycles. The van der Waals surface area contributed by atoms with Crippen LogP contribution < -0.4 is 0 Å². The number of nitrogens with zero attached hydrogens (tertiary/aromatic N) is 2. The van der Waals surface area contributed by atoms with Crippen molar-refractivity contribution >= 4 is 36.5 Å². The largest absolute Gasteiger partial charge is 0.649 e. The van der Waals surface area contributed by atoms with Crippen LogP contribution in [-0.2, 0) is 18.8 Å². The number of halogens is 6. The summed E-state index contributed by atoms with van der Waals surface area (Å²) >= 11 is 0. The molecule has 0 N–H and O–H groups in total. The Bertz CT molecular complexity index is 2380. The van der Waals surface area contributed by atoms with Crippen LogP contribution in [-0.4, -0.2) is 21.7 Å². The fraction of sp³-hybridized carbons (Fsp3) is 0.298. The van der Waals surface area contributed by atoms with Crippen molar-refractivity contribution in [1.82, 2.24) is 4.48 Å². The molecule has 0 bridgehead atoms. The highest BCUT2D eigenvalue weighted by Crippen LogP contribution is 2.47. The summed E-state index contributed by atoms with van der Waals surface area (Å²) in [6.45, 7) is 23.9. The van der Waals surface area contributed by atoms with Crippen LogP contribution in [0, 0.1) is 48.5 Å². The number of benzene rings is 3. The third kappa shape index (κ3) is 6.98. The molecular formula is C47H48BF6N2+. The van der Waals surface area contributed by atoms with Crippen LogP contribution in [0.2, 0.25) is 0 Å². The first-order valence-corrected chi connectivity index (χ1v) is 19.0. The molecule has 0 fully saturated rings. The average molecular weight is 766 g/mol. The molecule has 0 amide bonds. The monoisotopic (exact) mass is 765 g/mol. The highest BCUT2D eigenvalue weighted by Gasteiger charge is 2.51. The Kier molecular flexibility index (Phi) is 10.7. The SMILES string of the molecule is C=CB1n2c(/C=C/c3c(C)cc(C)cc3C)c(CC)c(C)c2C(c2cc(C(F)(F)F)cc(C(F)(F)F)c2)=C2C(C)=C(CC)C(/C=C/c3c(C)cc(C)cc3C)=[N+]12. The van der Waals surface area contributed by atoms with E-state index < -0.39 is 30.5 Å². The van der Waals surface area contributed by atoms with Crippen molar-refractivity contribution in [2.24, 2.45) is 0 Å². The van der Waals surface area contributed by atoms with Gasteiger partial charge in [-0.1, -0.05) is 55.3 Å². The van der Waals surface area contributed by atoms with Gasteiger partial charge in [-0.25, -0.2) is 0 Å². The Balaban J connectivity index is 1.78. The lowest BCUT2D eigenvalue weighted by molar-refractivity contribution is -0.321. The Hall–Kier alpha value is -5.05. The van der Waals surface area contributed by atoms with Gasteiger partial charge in [0.15, 0.2) is 11.4 Å². The summed E-state index contributed by atoms with van der Waals surface area (Å²) in [7, 11) is 0. The van der Waals surface area contributed by atoms with E-state index in [4.69, 9.17) is 0 Å². The number of fused-ring (bicyclic) bond motifs is 2. The topological polar surface area (TPSA) is 7.94 Å². The molecule has 0 radical (unpaired) electrons. The van der Waals surface area contributed by atoms with Crippen LogP contribution in [0.5, 0.6) is 0 Å². The summed E-state index contributed by atoms with van der Waals surface area (Å²) in [6, 6.07) is 10.4. The summed E-state index contributed by atoms with van der Waals surface area (Å²) in [6.07, 6.45) is -0.655. The highest BCUT2D eigenvalue weighted by atomic mass is 19.4. The van der Waals surface area contributed by atoms with Crippen molar-refractivity contribution in [3.05, 3.63) is 162 Å². The number of aryl methyl sites for hydroxylation is 6. The van der Waals surface area contributed by atoms with Crippen molar-refractivity contribution in [2.75, 3.05) is 0 Å². The molecule has 1 aromatic heterocycles. The maximum absolute atomic E-state index is 14.5. The first-order chi connectivity index (χ1) is 26.2. The zero-order valence-corrected chi connectivity index (χ0v) is 33.8. The minimum Gasteiger partial charge on any atom is -0.315 e. The summed E-state index contributed by atoms with van der Waals surface area (Å²) in [5, 5.41) is 0. The Labute approximate surface area is 327 Å². The highest BCUT2D eigenvalue weighted by molar-refractivity contribution is 6.57. The predicted octanol–water partition coefficient (Wildman–Crippen LogP) is 13.2. The smallest absolute Gasteiger partial charge is 0.315 e. The number of alkyl halides is 6. The first-order valence-electron chi connectivity index (χ1n) is 19.0. The molecule has 4 aromatic rings. The normalized spacial score (nSPS) is 15.0. The quantitative estimate of drug-likeness (QED) is 0.125. The number of aromatic nitrogens is 1. The number of hydrogen-bond acceptors (Lipinski definition) is 0. The van der Waals surface area contributed by atoms with Crippen LogP contribution in [0.25, 0.3) is 23.8 Å². The zero-order valence-electron chi connectivity index (χ0n) is 33.8. The van der Waals surface area contributed by atoms with Crippen molar-refractivity contribution in [3.8, 4) is 0 Å². The van der Waals surface area contributed by atoms with Gasteiger partial charge >= 0.3 is 19.3 Å². The lowest BCUT2D eigenvalue weighted by Gasteiger charge is -2.26. The molecule has 0 aliphatic carbocycles. The van der Waals surface area contributed by atoms with E-state index in [-0.39, 0.29) is 11.6 Å². The van der Waals surface area contributed by atoms with E-state index in [1.165, 1.54) is 0 Å². The van der Waals surface area contributed by atoms with Gasteiger partial charge in [0.1, 0.15) is 0 Å². The summed E-state index contributed by atoms with van der Waals surface area (Å²) < 4.78 is 91.1. The molecule has 0 unspecified atom stereocenters. The molecule has 2 aliphatic heterocycles. The van der Waals surface area contributed by atoms with Crippen LogP contribution in [0.4, 0.5) is 26.3 Å². The Morgan fingerprint density at radius 3 is 1.57 bits per heavy atom. The van der Waals surface area contributed by atoms with E-state index in [9.17, 15) is 26.3 Å². The van der Waals surface area contributed by atoms with Gasteiger partial charge in [-0.3, -0.25) is 4.49 Å². The van der Waals surface area contributed by atoms with E-state index >= 15 is 0 Å². The molecule has 0 spiro atoms. The van der Waals surface area contributed by atoms with Gasteiger partial charge in [0.05, 0.1) is 22.4 Å². The Morgan fingerprint density at radius 2 is 1.14 bits per heavy atom. The second-order valence-electron chi connectivity index (χ2n) is 15.2. The number of rotatable bonds is 8. The van der Waals surface area contributed by atoms with Gasteiger partial charge in [0.2, 0.25) is 0 Å². The third-order valence-electron chi connectivity index (χ3n) is 11.3. The van der Waals surface area contributed by atoms with Gasteiger partial charge in [-0.05, 0) is 155 Å². The molecule has 6 rings (SSSR count). The molecule has 9 heteroatoms. The van der Waals surface area contributed by atoms with Gasteiger partial charge in [-0.2, -0.15) is 26.3 Å². The minimum absolute atomic E-state index is 0.148. The van der Waals surface area contributed by atoms with Crippen LogP contribution in [0.1, 0.15) is 111 Å². The van der Waals surface area contributed by atoms with Crippen LogP contribution in [0.3, 0.4) is 0 Å². The molecule has 0 saturated heterocycles. The van der Waals surface area contributed by atoms with E-state index in [1.807, 2.05) is 59.7 Å². The lowest BCUT2D eigenvalue weighted by Crippen LogP contribution is -2.43. The van der Waals surface area contributed by atoms with Gasteiger partial charge in [0, 0.05) is 22.9 Å². The maximum Gasteiger partial charge on any atom is 0.649 e. The summed E-state index contributed by atoms with van der Waals surface area (Å²) in [4.78, 5) is 0. The third-order valence-corrected chi connectivity index (χ3v) is 11.3. The lowest BCUT2D eigenvalue weighted by atomic mass is 9.70. The maximum atomic E-state index is 14.5. The summed E-state index contributed by atoms with van der Waals surface area (Å²) in [5.41, 5.74) is 12.5. The molecule has 0 atom stereocenters. The van der Waals surface area contributed by atoms with E-state index in [0.717, 1.165) is 90.3 Å². The van der Waals surface area contributed by atoms with E-state index in [2.05, 4.69) is 79.7 Å². The fourth-order valence-electron chi connectivity index (χ4n) is 9.03. The molecule has 290 valence electrons. The number of hydrogen-bond donors (Lipinski definition) is 0. The zero-order chi connectivity index (χ0) is 41.2. The van der Waals surface area contributed by atoms with Crippen molar-refractivity contribution in [2.45, 2.75) is 94.4 Å². The van der Waals surface area contributed by atoms with Crippen molar-refractivity contribution in [3.63, 3.8) is 0 Å². The second-order valence-corrected chi connectivity index (χ2v) is 15.2. The Morgan fingerprint density at radius 1 is 0.661 bits per heavy atom.